The SMILES string of the molecule is CCOC(=O)CCNC(=O)N1CCCC(Cc2ccc(F)cc2F)(C(=O)OCC)C1. The van der Waals surface area contributed by atoms with E-state index in [1.807, 2.05) is 0 Å². The van der Waals surface area contributed by atoms with E-state index in [9.17, 15) is 23.2 Å². The molecule has 1 aliphatic rings. The number of carbonyl (C=O) groups is 3. The van der Waals surface area contributed by atoms with E-state index in [1.54, 1.807) is 13.8 Å². The first-order chi connectivity index (χ1) is 14.3. The van der Waals surface area contributed by atoms with Crippen molar-refractivity contribution in [3.05, 3.63) is 35.4 Å². The number of hydrogen-bond acceptors (Lipinski definition) is 5. The summed E-state index contributed by atoms with van der Waals surface area (Å²) in [5.74, 6) is -2.37. The molecule has 9 heteroatoms. The van der Waals surface area contributed by atoms with Crippen LogP contribution in [-0.4, -0.2) is 55.7 Å². The first-order valence-electron chi connectivity index (χ1n) is 10.1. The highest BCUT2D eigenvalue weighted by atomic mass is 19.1. The third-order valence-electron chi connectivity index (χ3n) is 5.03. The zero-order valence-corrected chi connectivity index (χ0v) is 17.3. The van der Waals surface area contributed by atoms with Crippen LogP contribution >= 0.6 is 0 Å². The first-order valence-corrected chi connectivity index (χ1v) is 10.1. The Labute approximate surface area is 174 Å². The van der Waals surface area contributed by atoms with E-state index in [0.29, 0.717) is 19.4 Å². The topological polar surface area (TPSA) is 84.9 Å². The van der Waals surface area contributed by atoms with Crippen LogP contribution in [-0.2, 0) is 25.5 Å². The average Bonchev–Trinajstić information content (AvgIpc) is 2.70. The van der Waals surface area contributed by atoms with Crippen molar-refractivity contribution in [2.75, 3.05) is 32.8 Å². The molecule has 1 atom stereocenters. The summed E-state index contributed by atoms with van der Waals surface area (Å²) < 4.78 is 37.6. The lowest BCUT2D eigenvalue weighted by atomic mass is 9.75. The summed E-state index contributed by atoms with van der Waals surface area (Å²) >= 11 is 0. The molecule has 7 nitrogen and oxygen atoms in total. The lowest BCUT2D eigenvalue weighted by molar-refractivity contribution is -0.158. The van der Waals surface area contributed by atoms with Crippen molar-refractivity contribution in [1.29, 1.82) is 0 Å². The van der Waals surface area contributed by atoms with Crippen LogP contribution in [0.5, 0.6) is 0 Å². The molecule has 166 valence electrons. The molecule has 0 saturated carbocycles. The van der Waals surface area contributed by atoms with Gasteiger partial charge in [0.2, 0.25) is 0 Å². The molecule has 0 aliphatic carbocycles. The van der Waals surface area contributed by atoms with Crippen LogP contribution < -0.4 is 5.32 Å². The Balaban J connectivity index is 2.12. The Kier molecular flexibility index (Phi) is 8.56. The van der Waals surface area contributed by atoms with Gasteiger partial charge in [0.25, 0.3) is 0 Å². The van der Waals surface area contributed by atoms with Crippen LogP contribution in [0.15, 0.2) is 18.2 Å². The Morgan fingerprint density at radius 2 is 1.90 bits per heavy atom. The molecule has 0 spiro atoms. The van der Waals surface area contributed by atoms with Crippen molar-refractivity contribution in [1.82, 2.24) is 10.2 Å². The number of amides is 2. The number of urea groups is 1. The standard InChI is InChI=1S/C21H28F2N2O5/c1-3-29-18(26)8-10-24-20(28)25-11-5-9-21(14-25,19(27)30-4-2)13-15-6-7-16(22)12-17(15)23/h6-7,12H,3-5,8-11,13-14H2,1-2H3,(H,24,28). The molecule has 1 aromatic rings. The van der Waals surface area contributed by atoms with Gasteiger partial charge in [0, 0.05) is 25.7 Å². The van der Waals surface area contributed by atoms with Crippen LogP contribution in [0.3, 0.4) is 0 Å². The van der Waals surface area contributed by atoms with Gasteiger partial charge in [-0.05, 0) is 44.7 Å². The Bertz CT molecular complexity index is 774. The van der Waals surface area contributed by atoms with Crippen molar-refractivity contribution in [3.63, 3.8) is 0 Å². The second-order valence-corrected chi connectivity index (χ2v) is 7.23. The number of ether oxygens (including phenoxy) is 2. The molecule has 0 radical (unpaired) electrons. The summed E-state index contributed by atoms with van der Waals surface area (Å²) in [6, 6.07) is 2.80. The number of halogens is 2. The molecule has 1 aliphatic heterocycles. The molecule has 1 unspecified atom stereocenters. The van der Waals surface area contributed by atoms with Gasteiger partial charge in [-0.1, -0.05) is 6.07 Å². The number of carbonyl (C=O) groups excluding carboxylic acids is 3. The molecule has 1 aromatic carbocycles. The second kappa shape index (κ2) is 10.9. The average molecular weight is 426 g/mol. The van der Waals surface area contributed by atoms with Gasteiger partial charge >= 0.3 is 18.0 Å². The van der Waals surface area contributed by atoms with Crippen molar-refractivity contribution in [2.45, 2.75) is 39.5 Å². The molecule has 1 heterocycles. The molecule has 2 amide bonds. The summed E-state index contributed by atoms with van der Waals surface area (Å²) in [6.07, 6.45) is 0.962. The van der Waals surface area contributed by atoms with Gasteiger partial charge in [-0.3, -0.25) is 9.59 Å². The molecular weight excluding hydrogens is 398 g/mol. The number of rotatable bonds is 8. The maximum Gasteiger partial charge on any atom is 0.317 e. The highest BCUT2D eigenvalue weighted by Gasteiger charge is 2.45. The molecule has 2 rings (SSSR count). The van der Waals surface area contributed by atoms with Crippen LogP contribution in [0.4, 0.5) is 13.6 Å². The highest BCUT2D eigenvalue weighted by molar-refractivity contribution is 5.80. The van der Waals surface area contributed by atoms with Crippen molar-refractivity contribution < 1.29 is 32.6 Å². The quantitative estimate of drug-likeness (QED) is 0.646. The van der Waals surface area contributed by atoms with Crippen molar-refractivity contribution in [2.24, 2.45) is 5.41 Å². The van der Waals surface area contributed by atoms with E-state index in [1.165, 1.54) is 11.0 Å². The molecule has 0 bridgehead atoms. The Morgan fingerprint density at radius 1 is 1.17 bits per heavy atom. The molecule has 1 fully saturated rings. The van der Waals surface area contributed by atoms with Crippen LogP contribution in [0, 0.1) is 17.0 Å². The smallest absolute Gasteiger partial charge is 0.317 e. The predicted molar refractivity (Wildman–Crippen MR) is 105 cm³/mol. The number of hydrogen-bond donors (Lipinski definition) is 1. The van der Waals surface area contributed by atoms with E-state index in [0.717, 1.165) is 12.1 Å². The lowest BCUT2D eigenvalue weighted by Gasteiger charge is -2.41. The minimum absolute atomic E-state index is 0.00937. The number of likely N-dealkylation sites (tertiary alicyclic amines) is 1. The number of nitrogens with zero attached hydrogens (tertiary/aromatic N) is 1. The second-order valence-electron chi connectivity index (χ2n) is 7.23. The summed E-state index contributed by atoms with van der Waals surface area (Å²) in [7, 11) is 0. The van der Waals surface area contributed by atoms with Gasteiger partial charge in [0.05, 0.1) is 25.0 Å². The van der Waals surface area contributed by atoms with Gasteiger partial charge in [-0.15, -0.1) is 0 Å². The lowest BCUT2D eigenvalue weighted by Crippen LogP contribution is -2.54. The maximum atomic E-state index is 14.3. The molecule has 30 heavy (non-hydrogen) atoms. The van der Waals surface area contributed by atoms with Gasteiger partial charge in [-0.25, -0.2) is 13.6 Å². The van der Waals surface area contributed by atoms with E-state index in [-0.39, 0.29) is 44.7 Å². The third-order valence-corrected chi connectivity index (χ3v) is 5.03. The normalized spacial score (nSPS) is 18.6. The number of piperidine rings is 1. The zero-order valence-electron chi connectivity index (χ0n) is 17.3. The van der Waals surface area contributed by atoms with Crippen LogP contribution in [0.2, 0.25) is 0 Å². The number of benzene rings is 1. The number of nitrogens with one attached hydrogen (secondary N) is 1. The van der Waals surface area contributed by atoms with Crippen LogP contribution in [0.1, 0.15) is 38.7 Å². The molecule has 0 aromatic heterocycles. The summed E-state index contributed by atoms with van der Waals surface area (Å²) in [5.41, 5.74) is -0.945. The minimum Gasteiger partial charge on any atom is -0.466 e. The van der Waals surface area contributed by atoms with E-state index < -0.39 is 35.0 Å². The van der Waals surface area contributed by atoms with E-state index in [2.05, 4.69) is 5.32 Å². The monoisotopic (exact) mass is 426 g/mol. The molecule has 1 N–H and O–H groups in total. The van der Waals surface area contributed by atoms with Gasteiger partial charge in [0.15, 0.2) is 0 Å². The van der Waals surface area contributed by atoms with E-state index >= 15 is 0 Å². The molecule has 1 saturated heterocycles. The summed E-state index contributed by atoms with van der Waals surface area (Å²) in [6.45, 7) is 4.34. The fourth-order valence-electron chi connectivity index (χ4n) is 3.62. The van der Waals surface area contributed by atoms with Crippen molar-refractivity contribution >= 4 is 18.0 Å². The Hall–Kier alpha value is -2.71. The highest BCUT2D eigenvalue weighted by Crippen LogP contribution is 2.36. The fraction of sp³-hybridized carbons (Fsp3) is 0.571. The van der Waals surface area contributed by atoms with E-state index in [4.69, 9.17) is 9.47 Å². The summed E-state index contributed by atoms with van der Waals surface area (Å²) in [4.78, 5) is 38.2. The zero-order chi connectivity index (χ0) is 22.1. The predicted octanol–water partition coefficient (Wildman–Crippen LogP) is 2.82. The first kappa shape index (κ1) is 23.6. The van der Waals surface area contributed by atoms with Gasteiger partial charge in [-0.2, -0.15) is 0 Å². The van der Waals surface area contributed by atoms with Gasteiger partial charge in [0.1, 0.15) is 11.6 Å². The van der Waals surface area contributed by atoms with Gasteiger partial charge < -0.3 is 19.7 Å². The van der Waals surface area contributed by atoms with Crippen LogP contribution in [0.25, 0.3) is 0 Å². The summed E-state index contributed by atoms with van der Waals surface area (Å²) in [5, 5.41) is 2.64. The molecular formula is C21H28F2N2O5. The Morgan fingerprint density at radius 3 is 2.57 bits per heavy atom. The number of esters is 2. The third kappa shape index (κ3) is 6.14. The fourth-order valence-corrected chi connectivity index (χ4v) is 3.62. The largest absolute Gasteiger partial charge is 0.466 e. The minimum atomic E-state index is -1.13. The maximum absolute atomic E-state index is 14.3. The van der Waals surface area contributed by atoms with Crippen molar-refractivity contribution in [3.8, 4) is 0 Å².